The van der Waals surface area contributed by atoms with E-state index in [1.165, 1.54) is 0 Å². The van der Waals surface area contributed by atoms with E-state index in [0.717, 1.165) is 30.4 Å². The molecule has 1 fully saturated rings. The molecule has 0 spiro atoms. The molecule has 1 saturated heterocycles. The maximum atomic E-state index is 14.8. The molecule has 4 heterocycles. The minimum Gasteiger partial charge on any atom is -0.370 e. The first kappa shape index (κ1) is 24.7. The molecule has 37 heavy (non-hydrogen) atoms. The van der Waals surface area contributed by atoms with Crippen molar-refractivity contribution in [2.24, 2.45) is 7.05 Å². The summed E-state index contributed by atoms with van der Waals surface area (Å²) in [6.07, 6.45) is -3.74. The quantitative estimate of drug-likeness (QED) is 0.380. The molecular formula is C24H19F5N6O2. The molecule has 0 bridgehead atoms. The molecule has 1 atom stereocenters. The molecule has 3 aromatic heterocycles. The lowest BCUT2D eigenvalue weighted by molar-refractivity contribution is -0.147. The zero-order valence-corrected chi connectivity index (χ0v) is 19.6. The van der Waals surface area contributed by atoms with Gasteiger partial charge in [-0.2, -0.15) is 13.2 Å². The maximum Gasteiger partial charge on any atom is 0.449 e. The summed E-state index contributed by atoms with van der Waals surface area (Å²) in [4.78, 5) is 31.0. The van der Waals surface area contributed by atoms with Gasteiger partial charge in [-0.3, -0.25) is 14.3 Å². The second-order valence-electron chi connectivity index (χ2n) is 8.53. The summed E-state index contributed by atoms with van der Waals surface area (Å²) < 4.78 is 75.4. The summed E-state index contributed by atoms with van der Waals surface area (Å²) in [6, 6.07) is 6.19. The van der Waals surface area contributed by atoms with E-state index in [9.17, 15) is 26.7 Å². The molecular weight excluding hydrogens is 499 g/mol. The van der Waals surface area contributed by atoms with E-state index >= 15 is 0 Å². The van der Waals surface area contributed by atoms with Crippen LogP contribution < -0.4 is 10.5 Å². The number of anilines is 1. The Labute approximate surface area is 206 Å². The van der Waals surface area contributed by atoms with Crippen LogP contribution in [0.3, 0.4) is 0 Å². The summed E-state index contributed by atoms with van der Waals surface area (Å²) in [5.74, 6) is -3.48. The number of aryl methyl sites for hydroxylation is 1. The van der Waals surface area contributed by atoms with Crippen LogP contribution >= 0.6 is 0 Å². The van der Waals surface area contributed by atoms with Gasteiger partial charge in [0.15, 0.2) is 5.52 Å². The van der Waals surface area contributed by atoms with Gasteiger partial charge in [0.2, 0.25) is 11.8 Å². The largest absolute Gasteiger partial charge is 0.449 e. The van der Waals surface area contributed by atoms with Crippen LogP contribution in [0, 0.1) is 18.6 Å². The van der Waals surface area contributed by atoms with Crippen molar-refractivity contribution >= 4 is 17.0 Å². The Morgan fingerprint density at radius 1 is 1.05 bits per heavy atom. The van der Waals surface area contributed by atoms with Gasteiger partial charge in [-0.15, -0.1) is 0 Å². The van der Waals surface area contributed by atoms with Gasteiger partial charge in [-0.05, 0) is 36.8 Å². The van der Waals surface area contributed by atoms with Crippen LogP contribution in [0.2, 0.25) is 0 Å². The Hall–Kier alpha value is -4.00. The minimum absolute atomic E-state index is 0.0241. The van der Waals surface area contributed by atoms with Gasteiger partial charge in [-0.25, -0.2) is 23.7 Å². The highest BCUT2D eigenvalue weighted by atomic mass is 19.4. The molecule has 4 aromatic rings. The molecule has 192 valence electrons. The van der Waals surface area contributed by atoms with Crippen LogP contribution in [0.15, 0.2) is 41.3 Å². The van der Waals surface area contributed by atoms with E-state index in [0.29, 0.717) is 17.2 Å². The molecule has 0 radical (unpaired) electrons. The molecule has 1 aliphatic rings. The number of pyridine rings is 1. The Morgan fingerprint density at radius 3 is 2.54 bits per heavy atom. The number of alkyl halides is 3. The van der Waals surface area contributed by atoms with Crippen LogP contribution in [0.25, 0.3) is 22.3 Å². The summed E-state index contributed by atoms with van der Waals surface area (Å²) in [7, 11) is 0.925. The highest BCUT2D eigenvalue weighted by Gasteiger charge is 2.37. The van der Waals surface area contributed by atoms with Crippen molar-refractivity contribution in [3.63, 3.8) is 0 Å². The van der Waals surface area contributed by atoms with Gasteiger partial charge in [0.05, 0.1) is 13.2 Å². The van der Waals surface area contributed by atoms with Crippen molar-refractivity contribution in [1.82, 2.24) is 24.5 Å². The SMILES string of the molecule is Cc1cc(C2CN(c3nc(-c4ccc(F)cc4F)c4nc(C(F)(F)F)n(C)c(=O)c4n3)CCO2)ccn1. The molecule has 0 amide bonds. The smallest absolute Gasteiger partial charge is 0.370 e. The zero-order chi connectivity index (χ0) is 26.5. The van der Waals surface area contributed by atoms with Crippen LogP contribution in [0.5, 0.6) is 0 Å². The monoisotopic (exact) mass is 518 g/mol. The van der Waals surface area contributed by atoms with Crippen molar-refractivity contribution in [2.75, 3.05) is 24.6 Å². The van der Waals surface area contributed by atoms with Crippen LogP contribution in [-0.4, -0.2) is 44.2 Å². The lowest BCUT2D eigenvalue weighted by atomic mass is 10.1. The fourth-order valence-electron chi connectivity index (χ4n) is 4.20. The summed E-state index contributed by atoms with van der Waals surface area (Å²) in [6.45, 7) is 2.63. The van der Waals surface area contributed by atoms with E-state index in [4.69, 9.17) is 4.74 Å². The Kier molecular flexibility index (Phi) is 6.10. The van der Waals surface area contributed by atoms with Gasteiger partial charge >= 0.3 is 6.18 Å². The van der Waals surface area contributed by atoms with Gasteiger partial charge < -0.3 is 9.64 Å². The molecule has 1 aliphatic heterocycles. The molecule has 1 aromatic carbocycles. The number of aromatic nitrogens is 5. The number of hydrogen-bond acceptors (Lipinski definition) is 7. The molecule has 8 nitrogen and oxygen atoms in total. The van der Waals surface area contributed by atoms with E-state index in [2.05, 4.69) is 19.9 Å². The molecule has 1 unspecified atom stereocenters. The molecule has 0 aliphatic carbocycles. The summed E-state index contributed by atoms with van der Waals surface area (Å²) in [5.41, 5.74) is -1.11. The highest BCUT2D eigenvalue weighted by Crippen LogP contribution is 2.33. The van der Waals surface area contributed by atoms with Crippen molar-refractivity contribution in [3.8, 4) is 11.3 Å². The maximum absolute atomic E-state index is 14.8. The number of nitrogens with zero attached hydrogens (tertiary/aromatic N) is 6. The molecule has 13 heteroatoms. The number of rotatable bonds is 3. The first-order chi connectivity index (χ1) is 17.5. The number of morpholine rings is 1. The number of fused-ring (bicyclic) bond motifs is 1. The fraction of sp³-hybridized carbons (Fsp3) is 0.292. The lowest BCUT2D eigenvalue weighted by Crippen LogP contribution is -2.40. The minimum atomic E-state index is -4.97. The topological polar surface area (TPSA) is 86.0 Å². The normalized spacial score (nSPS) is 16.4. The average molecular weight is 518 g/mol. The van der Waals surface area contributed by atoms with Crippen LogP contribution in [-0.2, 0) is 18.0 Å². The average Bonchev–Trinajstić information content (AvgIpc) is 2.85. The second-order valence-corrected chi connectivity index (χ2v) is 8.53. The van der Waals surface area contributed by atoms with E-state index in [1.807, 2.05) is 13.0 Å². The molecule has 0 saturated carbocycles. The van der Waals surface area contributed by atoms with E-state index in [1.54, 1.807) is 17.2 Å². The number of benzene rings is 1. The Bertz CT molecular complexity index is 1570. The van der Waals surface area contributed by atoms with Crippen molar-refractivity contribution < 1.29 is 26.7 Å². The number of hydrogen-bond donors (Lipinski definition) is 0. The standard InChI is InChI=1S/C24H19F5N6O2/c1-12-9-13(5-6-30-12)17-11-35(7-8-37-17)23-32-18(15-4-3-14(25)10-16(15)26)19-20(33-23)21(36)34(2)22(31-19)24(27,28)29/h3-6,9-10,17H,7-8,11H2,1-2H3. The van der Waals surface area contributed by atoms with Crippen molar-refractivity contribution in [2.45, 2.75) is 19.2 Å². The van der Waals surface area contributed by atoms with E-state index in [-0.39, 0.29) is 30.4 Å². The molecule has 0 N–H and O–H groups in total. The second kappa shape index (κ2) is 9.14. The zero-order valence-electron chi connectivity index (χ0n) is 19.6. The third-order valence-corrected chi connectivity index (χ3v) is 6.00. The third-order valence-electron chi connectivity index (χ3n) is 6.00. The van der Waals surface area contributed by atoms with Crippen molar-refractivity contribution in [3.05, 3.63) is 75.6 Å². The predicted molar refractivity (Wildman–Crippen MR) is 123 cm³/mol. The molecule has 5 rings (SSSR count). The van der Waals surface area contributed by atoms with Gasteiger partial charge in [0.1, 0.15) is 28.9 Å². The van der Waals surface area contributed by atoms with E-state index < -0.39 is 46.3 Å². The van der Waals surface area contributed by atoms with Gasteiger partial charge in [0, 0.05) is 37.1 Å². The van der Waals surface area contributed by atoms with Gasteiger partial charge in [-0.1, -0.05) is 0 Å². The highest BCUT2D eigenvalue weighted by molar-refractivity contribution is 5.89. The van der Waals surface area contributed by atoms with Gasteiger partial charge in [0.25, 0.3) is 5.56 Å². The summed E-state index contributed by atoms with van der Waals surface area (Å²) >= 11 is 0. The lowest BCUT2D eigenvalue weighted by Gasteiger charge is -2.33. The Morgan fingerprint density at radius 2 is 1.84 bits per heavy atom. The first-order valence-corrected chi connectivity index (χ1v) is 11.1. The van der Waals surface area contributed by atoms with Crippen LogP contribution in [0.1, 0.15) is 23.2 Å². The Balaban J connectivity index is 1.70. The number of halogens is 5. The number of ether oxygens (including phenoxy) is 1. The first-order valence-electron chi connectivity index (χ1n) is 11.1. The van der Waals surface area contributed by atoms with Crippen molar-refractivity contribution in [1.29, 1.82) is 0 Å². The van der Waals surface area contributed by atoms with Crippen LogP contribution in [0.4, 0.5) is 27.9 Å². The third kappa shape index (κ3) is 4.61. The summed E-state index contributed by atoms with van der Waals surface area (Å²) in [5, 5.41) is 0. The predicted octanol–water partition coefficient (Wildman–Crippen LogP) is 3.97. The fourth-order valence-corrected chi connectivity index (χ4v) is 4.20.